The number of nitrogens with one attached hydrogen (secondary N) is 1. The van der Waals surface area contributed by atoms with Crippen molar-refractivity contribution < 1.29 is 18.7 Å². The van der Waals surface area contributed by atoms with E-state index in [-0.39, 0.29) is 31.3 Å². The molecule has 2 saturated heterocycles. The van der Waals surface area contributed by atoms with Crippen LogP contribution in [0.5, 0.6) is 5.75 Å². The van der Waals surface area contributed by atoms with Gasteiger partial charge in [-0.3, -0.25) is 14.5 Å². The highest BCUT2D eigenvalue weighted by Crippen LogP contribution is 2.42. The molecule has 3 atom stereocenters. The molecule has 1 unspecified atom stereocenters. The third-order valence-corrected chi connectivity index (χ3v) is 8.25. The summed E-state index contributed by atoms with van der Waals surface area (Å²) in [6, 6.07) is 5.42. The third kappa shape index (κ3) is 4.30. The fourth-order valence-electron chi connectivity index (χ4n) is 4.66. The van der Waals surface area contributed by atoms with Gasteiger partial charge in [0.15, 0.2) is 6.17 Å². The standard InChI is InChI=1S/C25H26ClFN4O3S/c1-4-25(3)8-20(32)31(24(25)33)11-15-7-18-23(35-15)21(30-12-29-18)16-6-14(26)5-13(2)22(16)34-19-10-28-9-17(19)27/h5-7,12,17,19,28H,4,8-11H2,1-3H3/t17-,19+,25?/m0/s1. The first-order valence-corrected chi connectivity index (χ1v) is 12.8. The molecule has 0 spiro atoms. The Hall–Kier alpha value is -2.62. The summed E-state index contributed by atoms with van der Waals surface area (Å²) in [5.41, 5.74) is 2.10. The zero-order valence-electron chi connectivity index (χ0n) is 19.7. The molecule has 0 radical (unpaired) electrons. The number of likely N-dealkylation sites (tertiary alicyclic amines) is 1. The van der Waals surface area contributed by atoms with Crippen LogP contribution in [0.3, 0.4) is 0 Å². The predicted octanol–water partition coefficient (Wildman–Crippen LogP) is 4.68. The van der Waals surface area contributed by atoms with Crippen LogP contribution in [0.25, 0.3) is 21.5 Å². The number of fused-ring (bicyclic) bond motifs is 1. The van der Waals surface area contributed by atoms with Gasteiger partial charge in [0.25, 0.3) is 0 Å². The largest absolute Gasteiger partial charge is 0.485 e. The second-order valence-corrected chi connectivity index (χ2v) is 11.0. The van der Waals surface area contributed by atoms with Gasteiger partial charge in [-0.2, -0.15) is 0 Å². The molecule has 2 aliphatic heterocycles. The number of alkyl halides is 1. The van der Waals surface area contributed by atoms with Crippen LogP contribution < -0.4 is 10.1 Å². The van der Waals surface area contributed by atoms with E-state index in [1.165, 1.54) is 22.6 Å². The van der Waals surface area contributed by atoms with Crippen molar-refractivity contribution in [3.63, 3.8) is 0 Å². The van der Waals surface area contributed by atoms with Crippen LogP contribution in [0.4, 0.5) is 4.39 Å². The lowest BCUT2D eigenvalue weighted by Gasteiger charge is -2.20. The molecule has 0 aliphatic carbocycles. The second kappa shape index (κ2) is 9.11. The van der Waals surface area contributed by atoms with E-state index in [4.69, 9.17) is 16.3 Å². The maximum absolute atomic E-state index is 14.3. The number of amides is 2. The predicted molar refractivity (Wildman–Crippen MR) is 133 cm³/mol. The lowest BCUT2D eigenvalue weighted by atomic mass is 9.86. The van der Waals surface area contributed by atoms with E-state index in [1.807, 2.05) is 26.8 Å². The quantitative estimate of drug-likeness (QED) is 0.479. The van der Waals surface area contributed by atoms with Gasteiger partial charge in [-0.15, -0.1) is 11.3 Å². The molecular weight excluding hydrogens is 491 g/mol. The summed E-state index contributed by atoms with van der Waals surface area (Å²) in [6.45, 7) is 6.50. The van der Waals surface area contributed by atoms with E-state index in [0.717, 1.165) is 15.1 Å². The summed E-state index contributed by atoms with van der Waals surface area (Å²) >= 11 is 7.82. The highest BCUT2D eigenvalue weighted by atomic mass is 35.5. The summed E-state index contributed by atoms with van der Waals surface area (Å²) in [5.74, 6) is 0.236. The summed E-state index contributed by atoms with van der Waals surface area (Å²) in [6.07, 6.45) is 0.588. The number of hydrogen-bond donors (Lipinski definition) is 1. The van der Waals surface area contributed by atoms with Gasteiger partial charge in [0, 0.05) is 35.0 Å². The molecule has 10 heteroatoms. The third-order valence-electron chi connectivity index (χ3n) is 6.91. The lowest BCUT2D eigenvalue weighted by Crippen LogP contribution is -2.33. The van der Waals surface area contributed by atoms with Crippen molar-refractivity contribution in [2.45, 2.75) is 52.4 Å². The van der Waals surface area contributed by atoms with Crippen LogP contribution >= 0.6 is 22.9 Å². The lowest BCUT2D eigenvalue weighted by molar-refractivity contribution is -0.141. The fourth-order valence-corrected chi connectivity index (χ4v) is 6.04. The average molecular weight is 517 g/mol. The molecule has 5 rings (SSSR count). The number of carbonyl (C=O) groups is 2. The molecule has 1 N–H and O–H groups in total. The van der Waals surface area contributed by atoms with Crippen molar-refractivity contribution in [2.75, 3.05) is 13.1 Å². The van der Waals surface area contributed by atoms with Crippen molar-refractivity contribution in [3.8, 4) is 17.0 Å². The number of benzene rings is 1. The molecular formula is C25H26ClFN4O3S. The van der Waals surface area contributed by atoms with Gasteiger partial charge in [0.1, 0.15) is 18.2 Å². The van der Waals surface area contributed by atoms with Crippen molar-refractivity contribution in [2.24, 2.45) is 5.41 Å². The highest BCUT2D eigenvalue weighted by molar-refractivity contribution is 7.19. The molecule has 2 amide bonds. The topological polar surface area (TPSA) is 84.4 Å². The van der Waals surface area contributed by atoms with E-state index in [1.54, 1.807) is 12.1 Å². The molecule has 1 aromatic carbocycles. The average Bonchev–Trinajstić information content (AvgIpc) is 3.48. The van der Waals surface area contributed by atoms with Gasteiger partial charge in [0.05, 0.1) is 27.9 Å². The number of nitrogens with zero attached hydrogens (tertiary/aromatic N) is 3. The number of hydrogen-bond acceptors (Lipinski definition) is 7. The van der Waals surface area contributed by atoms with Crippen molar-refractivity contribution in [1.82, 2.24) is 20.2 Å². The number of rotatable bonds is 6. The number of ether oxygens (including phenoxy) is 1. The van der Waals surface area contributed by atoms with Crippen LogP contribution in [-0.2, 0) is 16.1 Å². The Morgan fingerprint density at radius 2 is 2.09 bits per heavy atom. The molecule has 4 heterocycles. The summed E-state index contributed by atoms with van der Waals surface area (Å²) in [5, 5.41) is 3.52. The smallest absolute Gasteiger partial charge is 0.235 e. The number of thiophene rings is 1. The first kappa shape index (κ1) is 24.1. The van der Waals surface area contributed by atoms with Gasteiger partial charge in [0.2, 0.25) is 11.8 Å². The second-order valence-electron chi connectivity index (χ2n) is 9.46. The van der Waals surface area contributed by atoms with E-state index in [2.05, 4.69) is 15.3 Å². The van der Waals surface area contributed by atoms with Crippen LogP contribution in [-0.4, -0.2) is 52.0 Å². The summed E-state index contributed by atoms with van der Waals surface area (Å²) in [4.78, 5) is 36.6. The minimum atomic E-state index is -1.11. The minimum Gasteiger partial charge on any atom is -0.485 e. The Kier molecular flexibility index (Phi) is 6.27. The van der Waals surface area contributed by atoms with Gasteiger partial charge in [-0.1, -0.05) is 25.4 Å². The number of carbonyl (C=O) groups excluding carboxylic acids is 2. The summed E-state index contributed by atoms with van der Waals surface area (Å²) < 4.78 is 21.2. The molecule has 0 bridgehead atoms. The van der Waals surface area contributed by atoms with Gasteiger partial charge in [-0.25, -0.2) is 14.4 Å². The van der Waals surface area contributed by atoms with Crippen molar-refractivity contribution >= 4 is 45.0 Å². The Balaban J connectivity index is 1.53. The van der Waals surface area contributed by atoms with E-state index in [9.17, 15) is 14.0 Å². The molecule has 35 heavy (non-hydrogen) atoms. The van der Waals surface area contributed by atoms with E-state index < -0.39 is 17.7 Å². The zero-order valence-corrected chi connectivity index (χ0v) is 21.3. The molecule has 3 aromatic rings. The SMILES string of the molecule is CCC1(C)CC(=O)N(Cc2cc3ncnc(-c4cc(Cl)cc(C)c4O[C@@H]4CNC[C@@H]4F)c3s2)C1=O. The van der Waals surface area contributed by atoms with Crippen LogP contribution in [0, 0.1) is 12.3 Å². The zero-order chi connectivity index (χ0) is 24.9. The fraction of sp³-hybridized carbons (Fsp3) is 0.440. The van der Waals surface area contributed by atoms with Gasteiger partial charge >= 0.3 is 0 Å². The van der Waals surface area contributed by atoms with Crippen LogP contribution in [0.15, 0.2) is 24.5 Å². The molecule has 2 aliphatic rings. The first-order chi connectivity index (χ1) is 16.7. The van der Waals surface area contributed by atoms with Crippen molar-refractivity contribution in [3.05, 3.63) is 40.0 Å². The Morgan fingerprint density at radius 3 is 2.77 bits per heavy atom. The van der Waals surface area contributed by atoms with Gasteiger partial charge in [-0.05, 0) is 37.1 Å². The highest BCUT2D eigenvalue weighted by Gasteiger charge is 2.46. The van der Waals surface area contributed by atoms with Gasteiger partial charge < -0.3 is 10.1 Å². The Labute approximate surface area is 211 Å². The molecule has 0 saturated carbocycles. The normalized spacial score (nSPS) is 24.7. The molecule has 2 fully saturated rings. The monoisotopic (exact) mass is 516 g/mol. The number of aryl methyl sites for hydroxylation is 1. The molecule has 184 valence electrons. The maximum Gasteiger partial charge on any atom is 0.235 e. The minimum absolute atomic E-state index is 0.138. The first-order valence-electron chi connectivity index (χ1n) is 11.6. The van der Waals surface area contributed by atoms with Crippen LogP contribution in [0.1, 0.15) is 37.1 Å². The van der Waals surface area contributed by atoms with Crippen molar-refractivity contribution in [1.29, 1.82) is 0 Å². The number of imide groups is 1. The molecule has 7 nitrogen and oxygen atoms in total. The number of aromatic nitrogens is 2. The summed E-state index contributed by atoms with van der Waals surface area (Å²) in [7, 11) is 0. The molecule has 2 aromatic heterocycles. The van der Waals surface area contributed by atoms with E-state index >= 15 is 0 Å². The van der Waals surface area contributed by atoms with Crippen LogP contribution in [0.2, 0.25) is 5.02 Å². The Bertz CT molecular complexity index is 1330. The number of halogens is 2. The van der Waals surface area contributed by atoms with E-state index in [0.29, 0.717) is 40.5 Å². The Morgan fingerprint density at radius 1 is 1.29 bits per heavy atom. The maximum atomic E-state index is 14.3.